The standard InChI is InChI=1S/C19H20N2O4S/c1-3-21(4-2)13-6-5-12-9-14(19(24)25-16(12)10-13)15-11-26-17(20-15)7-8-18(22)23/h5-6,9-11H,3-4,7-8H2,1-2H3,(H,22,23). The van der Waals surface area contributed by atoms with E-state index in [0.29, 0.717) is 28.3 Å². The fourth-order valence-electron chi connectivity index (χ4n) is 2.83. The maximum Gasteiger partial charge on any atom is 0.345 e. The number of aromatic nitrogens is 1. The van der Waals surface area contributed by atoms with Crippen molar-refractivity contribution in [1.82, 2.24) is 4.98 Å². The summed E-state index contributed by atoms with van der Waals surface area (Å²) in [6, 6.07) is 7.61. The second-order valence-corrected chi connectivity index (χ2v) is 6.80. The molecular formula is C19H20N2O4S. The fourth-order valence-corrected chi connectivity index (χ4v) is 3.63. The first-order chi connectivity index (χ1) is 12.5. The van der Waals surface area contributed by atoms with E-state index in [1.54, 1.807) is 11.4 Å². The Labute approximate surface area is 154 Å². The van der Waals surface area contributed by atoms with Gasteiger partial charge >= 0.3 is 11.6 Å². The average molecular weight is 372 g/mol. The first-order valence-electron chi connectivity index (χ1n) is 8.51. The number of benzene rings is 1. The number of nitrogens with zero attached hydrogens (tertiary/aromatic N) is 2. The van der Waals surface area contributed by atoms with Crippen LogP contribution in [-0.4, -0.2) is 29.1 Å². The largest absolute Gasteiger partial charge is 0.481 e. The zero-order valence-electron chi connectivity index (χ0n) is 14.7. The van der Waals surface area contributed by atoms with E-state index in [1.165, 1.54) is 11.3 Å². The lowest BCUT2D eigenvalue weighted by Crippen LogP contribution is -2.21. The quantitative estimate of drug-likeness (QED) is 0.636. The van der Waals surface area contributed by atoms with Gasteiger partial charge in [0.25, 0.3) is 0 Å². The van der Waals surface area contributed by atoms with Crippen LogP contribution in [0.1, 0.15) is 25.3 Å². The molecule has 0 amide bonds. The summed E-state index contributed by atoms with van der Waals surface area (Å²) in [4.78, 5) is 29.7. The molecular weight excluding hydrogens is 352 g/mol. The molecule has 26 heavy (non-hydrogen) atoms. The lowest BCUT2D eigenvalue weighted by Gasteiger charge is -2.20. The van der Waals surface area contributed by atoms with Crippen molar-refractivity contribution >= 4 is 34.0 Å². The van der Waals surface area contributed by atoms with Crippen molar-refractivity contribution < 1.29 is 14.3 Å². The van der Waals surface area contributed by atoms with Gasteiger partial charge in [0, 0.05) is 42.0 Å². The SMILES string of the molecule is CCN(CC)c1ccc2cc(-c3csc(CCC(=O)O)n3)c(=O)oc2c1. The van der Waals surface area contributed by atoms with Gasteiger partial charge in [0.05, 0.1) is 22.7 Å². The van der Waals surface area contributed by atoms with Crippen LogP contribution in [0.4, 0.5) is 5.69 Å². The number of thiazole rings is 1. The van der Waals surface area contributed by atoms with Crippen LogP contribution < -0.4 is 10.5 Å². The van der Waals surface area contributed by atoms with Crippen LogP contribution in [-0.2, 0) is 11.2 Å². The molecule has 1 aromatic carbocycles. The van der Waals surface area contributed by atoms with Gasteiger partial charge in [0.2, 0.25) is 0 Å². The maximum atomic E-state index is 12.4. The first kappa shape index (κ1) is 18.1. The van der Waals surface area contributed by atoms with E-state index in [9.17, 15) is 9.59 Å². The number of carboxylic acid groups (broad SMARTS) is 1. The van der Waals surface area contributed by atoms with Crippen molar-refractivity contribution in [3.63, 3.8) is 0 Å². The molecule has 0 saturated carbocycles. The summed E-state index contributed by atoms with van der Waals surface area (Å²) >= 11 is 1.35. The van der Waals surface area contributed by atoms with Crippen LogP contribution in [0.25, 0.3) is 22.2 Å². The van der Waals surface area contributed by atoms with Gasteiger partial charge < -0.3 is 14.4 Å². The van der Waals surface area contributed by atoms with Crippen LogP contribution >= 0.6 is 11.3 Å². The van der Waals surface area contributed by atoms with Gasteiger partial charge in [0.1, 0.15) is 5.58 Å². The molecule has 0 fully saturated rings. The summed E-state index contributed by atoms with van der Waals surface area (Å²) in [5.41, 5.74) is 2.04. The van der Waals surface area contributed by atoms with Gasteiger partial charge in [-0.2, -0.15) is 0 Å². The lowest BCUT2D eigenvalue weighted by atomic mass is 10.1. The molecule has 6 nitrogen and oxygen atoms in total. The minimum absolute atomic E-state index is 0.0212. The van der Waals surface area contributed by atoms with E-state index in [1.807, 2.05) is 18.2 Å². The van der Waals surface area contributed by atoms with Gasteiger partial charge in [-0.05, 0) is 32.0 Å². The molecule has 1 N–H and O–H groups in total. The Hall–Kier alpha value is -2.67. The second kappa shape index (κ2) is 7.70. The Morgan fingerprint density at radius 1 is 1.27 bits per heavy atom. The molecule has 2 heterocycles. The van der Waals surface area contributed by atoms with E-state index in [2.05, 4.69) is 23.7 Å². The number of hydrogen-bond acceptors (Lipinski definition) is 6. The molecule has 0 aliphatic heterocycles. The van der Waals surface area contributed by atoms with Gasteiger partial charge in [-0.25, -0.2) is 9.78 Å². The molecule has 0 aliphatic rings. The Morgan fingerprint density at radius 2 is 2.04 bits per heavy atom. The Kier molecular flexibility index (Phi) is 5.37. The molecule has 0 radical (unpaired) electrons. The zero-order valence-corrected chi connectivity index (χ0v) is 15.5. The third-order valence-electron chi connectivity index (χ3n) is 4.23. The highest BCUT2D eigenvalue weighted by molar-refractivity contribution is 7.09. The molecule has 0 bridgehead atoms. The summed E-state index contributed by atoms with van der Waals surface area (Å²) in [7, 11) is 0. The molecule has 0 spiro atoms. The van der Waals surface area contributed by atoms with Crippen LogP contribution in [0.5, 0.6) is 0 Å². The topological polar surface area (TPSA) is 83.6 Å². The molecule has 7 heteroatoms. The maximum absolute atomic E-state index is 12.4. The Bertz CT molecular complexity index is 989. The molecule has 0 aliphatic carbocycles. The number of fused-ring (bicyclic) bond motifs is 1. The lowest BCUT2D eigenvalue weighted by molar-refractivity contribution is -0.136. The monoisotopic (exact) mass is 372 g/mol. The van der Waals surface area contributed by atoms with Crippen LogP contribution in [0.3, 0.4) is 0 Å². The number of hydrogen-bond donors (Lipinski definition) is 1. The number of carboxylic acids is 1. The Balaban J connectivity index is 1.95. The number of aliphatic carboxylic acids is 1. The van der Waals surface area contributed by atoms with Gasteiger partial charge in [0.15, 0.2) is 0 Å². The van der Waals surface area contributed by atoms with E-state index < -0.39 is 11.6 Å². The van der Waals surface area contributed by atoms with Crippen LogP contribution in [0.15, 0.2) is 38.9 Å². The smallest absolute Gasteiger partial charge is 0.345 e. The molecule has 3 aromatic rings. The summed E-state index contributed by atoms with van der Waals surface area (Å²) in [6.45, 7) is 5.92. The van der Waals surface area contributed by atoms with Crippen LogP contribution in [0.2, 0.25) is 0 Å². The van der Waals surface area contributed by atoms with Gasteiger partial charge in [-0.3, -0.25) is 4.79 Å². The summed E-state index contributed by atoms with van der Waals surface area (Å²) < 4.78 is 5.52. The Morgan fingerprint density at radius 3 is 2.73 bits per heavy atom. The van der Waals surface area contributed by atoms with E-state index in [-0.39, 0.29) is 6.42 Å². The van der Waals surface area contributed by atoms with Crippen molar-refractivity contribution in [3.8, 4) is 11.3 Å². The van der Waals surface area contributed by atoms with Gasteiger partial charge in [-0.1, -0.05) is 0 Å². The van der Waals surface area contributed by atoms with Crippen molar-refractivity contribution in [2.24, 2.45) is 0 Å². The van der Waals surface area contributed by atoms with Crippen molar-refractivity contribution in [2.75, 3.05) is 18.0 Å². The van der Waals surface area contributed by atoms with E-state index in [4.69, 9.17) is 9.52 Å². The molecule has 3 rings (SSSR count). The predicted molar refractivity (Wildman–Crippen MR) is 103 cm³/mol. The molecule has 0 atom stereocenters. The minimum Gasteiger partial charge on any atom is -0.481 e. The van der Waals surface area contributed by atoms with Crippen molar-refractivity contribution in [3.05, 3.63) is 45.1 Å². The zero-order chi connectivity index (χ0) is 18.7. The van der Waals surface area contributed by atoms with Crippen molar-refractivity contribution in [1.29, 1.82) is 0 Å². The molecule has 0 saturated heterocycles. The average Bonchev–Trinajstić information content (AvgIpc) is 3.09. The highest BCUT2D eigenvalue weighted by Gasteiger charge is 2.13. The number of rotatable bonds is 7. The second-order valence-electron chi connectivity index (χ2n) is 5.86. The predicted octanol–water partition coefficient (Wildman–Crippen LogP) is 3.78. The van der Waals surface area contributed by atoms with Crippen LogP contribution in [0, 0.1) is 0 Å². The van der Waals surface area contributed by atoms with Crippen molar-refractivity contribution in [2.45, 2.75) is 26.7 Å². The molecule has 136 valence electrons. The highest BCUT2D eigenvalue weighted by Crippen LogP contribution is 2.26. The van der Waals surface area contributed by atoms with E-state index in [0.717, 1.165) is 24.2 Å². The third-order valence-corrected chi connectivity index (χ3v) is 5.14. The summed E-state index contributed by atoms with van der Waals surface area (Å²) in [6.07, 6.45) is 0.375. The molecule has 0 unspecified atom stereocenters. The summed E-state index contributed by atoms with van der Waals surface area (Å²) in [5, 5.41) is 12.1. The number of anilines is 1. The number of aryl methyl sites for hydroxylation is 1. The summed E-state index contributed by atoms with van der Waals surface area (Å²) in [5.74, 6) is -0.865. The van der Waals surface area contributed by atoms with E-state index >= 15 is 0 Å². The normalized spacial score (nSPS) is 11.0. The number of carbonyl (C=O) groups is 1. The fraction of sp³-hybridized carbons (Fsp3) is 0.316. The highest BCUT2D eigenvalue weighted by atomic mass is 32.1. The minimum atomic E-state index is -0.865. The van der Waals surface area contributed by atoms with Gasteiger partial charge in [-0.15, -0.1) is 11.3 Å². The molecule has 2 aromatic heterocycles. The first-order valence-corrected chi connectivity index (χ1v) is 9.39. The third kappa shape index (κ3) is 3.77.